The van der Waals surface area contributed by atoms with Crippen LogP contribution >= 0.6 is 11.3 Å². The summed E-state index contributed by atoms with van der Waals surface area (Å²) >= 11 is 1.43. The van der Waals surface area contributed by atoms with Crippen LogP contribution in [0.3, 0.4) is 0 Å². The average Bonchev–Trinajstić information content (AvgIpc) is 3.39. The first-order chi connectivity index (χ1) is 17.0. The summed E-state index contributed by atoms with van der Waals surface area (Å²) in [4.78, 5) is 19.6. The smallest absolute Gasteiger partial charge is 0.273 e. The summed E-state index contributed by atoms with van der Waals surface area (Å²) in [5.41, 5.74) is 3.30. The molecule has 178 valence electrons. The lowest BCUT2D eigenvalue weighted by Gasteiger charge is -2.42. The second-order valence-corrected chi connectivity index (χ2v) is 9.95. The molecular weight excluding hydrogens is 454 g/mol. The van der Waals surface area contributed by atoms with Crippen LogP contribution < -0.4 is 5.32 Å². The van der Waals surface area contributed by atoms with Gasteiger partial charge in [-0.25, -0.2) is 4.98 Å². The summed E-state index contributed by atoms with van der Waals surface area (Å²) in [5.74, 6) is -0.0508. The fourth-order valence-corrected chi connectivity index (χ4v) is 5.58. The number of carbonyl (C=O) groups excluding carboxylic acids is 1. The highest BCUT2D eigenvalue weighted by molar-refractivity contribution is 7.14. The van der Waals surface area contributed by atoms with Crippen molar-refractivity contribution in [3.05, 3.63) is 113 Å². The van der Waals surface area contributed by atoms with Gasteiger partial charge in [-0.15, -0.1) is 11.3 Å². The van der Waals surface area contributed by atoms with E-state index >= 15 is 0 Å². The molecule has 1 saturated heterocycles. The van der Waals surface area contributed by atoms with E-state index < -0.39 is 5.60 Å². The third kappa shape index (κ3) is 4.85. The number of aryl methyl sites for hydroxylation is 1. The maximum atomic E-state index is 13.2. The lowest BCUT2D eigenvalue weighted by Crippen LogP contribution is -2.46. The Labute approximate surface area is 210 Å². The summed E-state index contributed by atoms with van der Waals surface area (Å²) in [7, 11) is 0. The zero-order valence-electron chi connectivity index (χ0n) is 19.7. The first-order valence-corrected chi connectivity index (χ1v) is 12.8. The number of amides is 1. The average molecular weight is 484 g/mol. The quantitative estimate of drug-likeness (QED) is 0.354. The molecule has 35 heavy (non-hydrogen) atoms. The van der Waals surface area contributed by atoms with Gasteiger partial charge in [0.15, 0.2) is 5.13 Å². The number of thiazole rings is 1. The van der Waals surface area contributed by atoms with Gasteiger partial charge >= 0.3 is 0 Å². The molecule has 6 heteroatoms. The molecule has 0 radical (unpaired) electrons. The number of aliphatic hydroxyl groups is 1. The Bertz CT molecular complexity index is 1220. The van der Waals surface area contributed by atoms with Crippen molar-refractivity contribution in [1.82, 2.24) is 9.88 Å². The minimum atomic E-state index is -1.09. The normalized spacial score (nSPS) is 14.6. The molecule has 0 spiro atoms. The molecule has 0 aliphatic carbocycles. The monoisotopic (exact) mass is 483 g/mol. The number of carbonyl (C=O) groups is 1. The van der Waals surface area contributed by atoms with Crippen LogP contribution in [0.25, 0.3) is 0 Å². The molecule has 2 heterocycles. The van der Waals surface area contributed by atoms with Crippen molar-refractivity contribution >= 4 is 28.1 Å². The van der Waals surface area contributed by atoms with Gasteiger partial charge in [0, 0.05) is 24.2 Å². The highest BCUT2D eigenvalue weighted by Gasteiger charge is 2.42. The number of nitrogens with one attached hydrogen (secondary N) is 1. The SMILES string of the molecule is Cc1ccc(Nc2nc(C(=O)N3CCC(C(O)(c4ccccc4)c4ccccc4)CC3)cs2)cc1. The van der Waals surface area contributed by atoms with Gasteiger partial charge < -0.3 is 15.3 Å². The molecule has 1 aliphatic rings. The second kappa shape index (κ2) is 10.0. The Morgan fingerprint density at radius 1 is 0.943 bits per heavy atom. The number of anilines is 2. The third-order valence-electron chi connectivity index (χ3n) is 6.83. The van der Waals surface area contributed by atoms with E-state index in [1.165, 1.54) is 16.9 Å². The topological polar surface area (TPSA) is 65.5 Å². The molecule has 1 fully saturated rings. The maximum absolute atomic E-state index is 13.2. The van der Waals surface area contributed by atoms with E-state index in [0.29, 0.717) is 36.8 Å². The third-order valence-corrected chi connectivity index (χ3v) is 7.58. The second-order valence-electron chi connectivity index (χ2n) is 9.09. The Morgan fingerprint density at radius 2 is 1.51 bits per heavy atom. The van der Waals surface area contributed by atoms with Crippen LogP contribution in [-0.4, -0.2) is 34.0 Å². The highest BCUT2D eigenvalue weighted by Crippen LogP contribution is 2.42. The molecule has 0 saturated carbocycles. The molecule has 5 nitrogen and oxygen atoms in total. The van der Waals surface area contributed by atoms with Crippen molar-refractivity contribution in [2.24, 2.45) is 5.92 Å². The van der Waals surface area contributed by atoms with Crippen LogP contribution in [0.1, 0.15) is 40.0 Å². The van der Waals surface area contributed by atoms with E-state index in [4.69, 9.17) is 0 Å². The molecule has 0 atom stereocenters. The molecule has 1 aliphatic heterocycles. The molecule has 1 amide bonds. The lowest BCUT2D eigenvalue weighted by molar-refractivity contribution is -0.0123. The Hall–Kier alpha value is -3.48. The first kappa shape index (κ1) is 23.3. The van der Waals surface area contributed by atoms with Gasteiger partial charge in [0.2, 0.25) is 0 Å². The molecule has 3 aromatic carbocycles. The fraction of sp³-hybridized carbons (Fsp3) is 0.241. The van der Waals surface area contributed by atoms with E-state index in [1.807, 2.05) is 102 Å². The van der Waals surface area contributed by atoms with Crippen molar-refractivity contribution in [3.8, 4) is 0 Å². The van der Waals surface area contributed by atoms with Gasteiger partial charge in [0.25, 0.3) is 5.91 Å². The lowest BCUT2D eigenvalue weighted by atomic mass is 9.72. The minimum absolute atomic E-state index is 0.00514. The van der Waals surface area contributed by atoms with Crippen LogP contribution in [0.15, 0.2) is 90.3 Å². The van der Waals surface area contributed by atoms with E-state index in [0.717, 1.165) is 16.8 Å². The van der Waals surface area contributed by atoms with Gasteiger partial charge in [-0.05, 0) is 48.9 Å². The molecule has 2 N–H and O–H groups in total. The number of hydrogen-bond donors (Lipinski definition) is 2. The van der Waals surface area contributed by atoms with Crippen LogP contribution in [0, 0.1) is 12.8 Å². The number of likely N-dealkylation sites (tertiary alicyclic amines) is 1. The van der Waals surface area contributed by atoms with E-state index in [2.05, 4.69) is 10.3 Å². The van der Waals surface area contributed by atoms with E-state index in [1.54, 1.807) is 0 Å². The first-order valence-electron chi connectivity index (χ1n) is 12.0. The summed E-state index contributed by atoms with van der Waals surface area (Å²) in [5, 5.41) is 17.9. The molecular formula is C29H29N3O2S. The number of piperidine rings is 1. The fourth-order valence-electron chi connectivity index (χ4n) is 4.87. The molecule has 0 unspecified atom stereocenters. The van der Waals surface area contributed by atoms with Crippen molar-refractivity contribution in [2.45, 2.75) is 25.4 Å². The number of hydrogen-bond acceptors (Lipinski definition) is 5. The van der Waals surface area contributed by atoms with Gasteiger partial charge in [0.1, 0.15) is 11.3 Å². The molecule has 4 aromatic rings. The summed E-state index contributed by atoms with van der Waals surface area (Å²) in [6.45, 7) is 3.22. The number of benzene rings is 3. The van der Waals surface area contributed by atoms with Crippen molar-refractivity contribution < 1.29 is 9.90 Å². The molecule has 5 rings (SSSR count). The van der Waals surface area contributed by atoms with Gasteiger partial charge in [-0.3, -0.25) is 4.79 Å². The highest BCUT2D eigenvalue weighted by atomic mass is 32.1. The van der Waals surface area contributed by atoms with Gasteiger partial charge in [0.05, 0.1) is 0 Å². The predicted octanol–water partition coefficient (Wildman–Crippen LogP) is 5.98. The predicted molar refractivity (Wildman–Crippen MR) is 141 cm³/mol. The van der Waals surface area contributed by atoms with Crippen LogP contribution in [0.5, 0.6) is 0 Å². The van der Waals surface area contributed by atoms with Crippen molar-refractivity contribution in [1.29, 1.82) is 0 Å². The van der Waals surface area contributed by atoms with E-state index in [9.17, 15) is 9.90 Å². The van der Waals surface area contributed by atoms with Gasteiger partial charge in [-0.2, -0.15) is 0 Å². The number of rotatable bonds is 6. The Kier molecular flexibility index (Phi) is 6.66. The summed E-state index contributed by atoms with van der Waals surface area (Å²) in [6, 6.07) is 27.8. The molecule has 1 aromatic heterocycles. The van der Waals surface area contributed by atoms with Crippen LogP contribution in [-0.2, 0) is 5.60 Å². The zero-order chi connectivity index (χ0) is 24.3. The van der Waals surface area contributed by atoms with Crippen molar-refractivity contribution in [2.75, 3.05) is 18.4 Å². The Morgan fingerprint density at radius 3 is 2.09 bits per heavy atom. The maximum Gasteiger partial charge on any atom is 0.273 e. The van der Waals surface area contributed by atoms with Crippen LogP contribution in [0.2, 0.25) is 0 Å². The Balaban J connectivity index is 1.28. The summed E-state index contributed by atoms with van der Waals surface area (Å²) < 4.78 is 0. The zero-order valence-corrected chi connectivity index (χ0v) is 20.5. The summed E-state index contributed by atoms with van der Waals surface area (Å²) in [6.07, 6.45) is 1.43. The number of aromatic nitrogens is 1. The largest absolute Gasteiger partial charge is 0.380 e. The van der Waals surface area contributed by atoms with Crippen LogP contribution in [0.4, 0.5) is 10.8 Å². The minimum Gasteiger partial charge on any atom is -0.380 e. The van der Waals surface area contributed by atoms with Crippen molar-refractivity contribution in [3.63, 3.8) is 0 Å². The van der Waals surface area contributed by atoms with Gasteiger partial charge in [-0.1, -0.05) is 78.4 Å². The number of nitrogens with zero attached hydrogens (tertiary/aromatic N) is 2. The molecule has 0 bridgehead atoms. The standard InChI is InChI=1S/C29H29N3O2S/c1-21-12-14-25(15-13-21)30-28-31-26(20-35-28)27(33)32-18-16-24(17-19-32)29(34,22-8-4-2-5-9-22)23-10-6-3-7-11-23/h2-15,20,24,34H,16-19H2,1H3,(H,30,31). The van der Waals surface area contributed by atoms with E-state index in [-0.39, 0.29) is 11.8 Å².